The summed E-state index contributed by atoms with van der Waals surface area (Å²) in [5.74, 6) is 0.291. The molecule has 0 saturated heterocycles. The van der Waals surface area contributed by atoms with Gasteiger partial charge in [-0.05, 0) is 23.8 Å². The van der Waals surface area contributed by atoms with Crippen molar-refractivity contribution in [1.82, 2.24) is 10.3 Å². The Morgan fingerprint density at radius 1 is 1.16 bits per heavy atom. The predicted octanol–water partition coefficient (Wildman–Crippen LogP) is 1.81. The van der Waals surface area contributed by atoms with Crippen LogP contribution >= 0.6 is 23.2 Å². The number of nitrogens with one attached hydrogen (secondary N) is 2. The van der Waals surface area contributed by atoms with Gasteiger partial charge in [-0.25, -0.2) is 18.5 Å². The van der Waals surface area contributed by atoms with Crippen molar-refractivity contribution < 1.29 is 13.2 Å². The molecule has 0 saturated carbocycles. The second-order valence-corrected chi connectivity index (χ2v) is 7.53. The molecule has 2 aromatic rings. The number of primary sulfonamides is 1. The van der Waals surface area contributed by atoms with Crippen LogP contribution in [0.4, 0.5) is 5.82 Å². The van der Waals surface area contributed by atoms with Crippen molar-refractivity contribution in [2.75, 3.05) is 18.4 Å². The SMILES string of the molecule is NS(=O)(=O)c1ccc(CC(=O)NCCNc2ncc(Cl)cc2Cl)cc1. The van der Waals surface area contributed by atoms with Gasteiger partial charge >= 0.3 is 0 Å². The number of halogens is 2. The first kappa shape index (κ1) is 19.5. The number of sulfonamides is 1. The first-order valence-electron chi connectivity index (χ1n) is 7.19. The Bertz CT molecular complexity index is 858. The summed E-state index contributed by atoms with van der Waals surface area (Å²) in [6, 6.07) is 7.41. The molecule has 0 spiro atoms. The number of pyridine rings is 1. The van der Waals surface area contributed by atoms with Gasteiger partial charge in [-0.1, -0.05) is 35.3 Å². The van der Waals surface area contributed by atoms with Crippen molar-refractivity contribution in [3.63, 3.8) is 0 Å². The zero-order chi connectivity index (χ0) is 18.4. The summed E-state index contributed by atoms with van der Waals surface area (Å²) in [5.41, 5.74) is 0.681. The van der Waals surface area contributed by atoms with Crippen molar-refractivity contribution in [3.8, 4) is 0 Å². The standard InChI is InChI=1S/C15H16Cl2N4O3S/c16-11-8-13(17)15(21-9-11)20-6-5-19-14(22)7-10-1-3-12(4-2-10)25(18,23)24/h1-4,8-9H,5-7H2,(H,19,22)(H,20,21)(H2,18,23,24). The highest BCUT2D eigenvalue weighted by Gasteiger charge is 2.08. The first-order chi connectivity index (χ1) is 11.8. The number of benzene rings is 1. The van der Waals surface area contributed by atoms with E-state index in [2.05, 4.69) is 15.6 Å². The number of nitrogens with zero attached hydrogens (tertiary/aromatic N) is 1. The van der Waals surface area contributed by atoms with Gasteiger partial charge in [0.25, 0.3) is 0 Å². The van der Waals surface area contributed by atoms with E-state index in [0.717, 1.165) is 0 Å². The number of carbonyl (C=O) groups excluding carboxylic acids is 1. The van der Waals surface area contributed by atoms with Crippen LogP contribution in [-0.2, 0) is 21.2 Å². The maximum Gasteiger partial charge on any atom is 0.238 e. The Kier molecular flexibility index (Phi) is 6.60. The lowest BCUT2D eigenvalue weighted by Gasteiger charge is -2.09. The molecule has 0 fully saturated rings. The first-order valence-corrected chi connectivity index (χ1v) is 9.49. The van der Waals surface area contributed by atoms with Crippen LogP contribution in [0.25, 0.3) is 0 Å². The van der Waals surface area contributed by atoms with Crippen molar-refractivity contribution in [2.24, 2.45) is 5.14 Å². The number of nitrogens with two attached hydrogens (primary N) is 1. The second-order valence-electron chi connectivity index (χ2n) is 5.13. The molecule has 0 radical (unpaired) electrons. The number of rotatable bonds is 7. The molecular formula is C15H16Cl2N4O3S. The summed E-state index contributed by atoms with van der Waals surface area (Å²) >= 11 is 11.7. The number of carbonyl (C=O) groups is 1. The molecule has 0 aliphatic carbocycles. The van der Waals surface area contributed by atoms with E-state index >= 15 is 0 Å². The summed E-state index contributed by atoms with van der Waals surface area (Å²) in [6.45, 7) is 0.805. The molecule has 0 aliphatic rings. The topological polar surface area (TPSA) is 114 Å². The third-order valence-electron chi connectivity index (χ3n) is 3.16. The van der Waals surface area contributed by atoms with Crippen LogP contribution in [0.1, 0.15) is 5.56 Å². The monoisotopic (exact) mass is 402 g/mol. The summed E-state index contributed by atoms with van der Waals surface area (Å²) in [7, 11) is -3.73. The minimum atomic E-state index is -3.73. The molecule has 0 unspecified atom stereocenters. The van der Waals surface area contributed by atoms with Crippen LogP contribution in [0.5, 0.6) is 0 Å². The van der Waals surface area contributed by atoms with Crippen LogP contribution in [0, 0.1) is 0 Å². The average molecular weight is 403 g/mol. The van der Waals surface area contributed by atoms with E-state index in [1.165, 1.54) is 18.3 Å². The van der Waals surface area contributed by atoms with Gasteiger partial charge in [-0.3, -0.25) is 4.79 Å². The van der Waals surface area contributed by atoms with Gasteiger partial charge in [0, 0.05) is 19.3 Å². The molecule has 0 atom stereocenters. The number of hydrogen-bond donors (Lipinski definition) is 3. The van der Waals surface area contributed by atoms with E-state index in [1.807, 2.05) is 0 Å². The minimum Gasteiger partial charge on any atom is -0.367 e. The van der Waals surface area contributed by atoms with Gasteiger partial charge in [0.15, 0.2) is 0 Å². The van der Waals surface area contributed by atoms with Crippen molar-refractivity contribution >= 4 is 45.0 Å². The summed E-state index contributed by atoms with van der Waals surface area (Å²) in [6.07, 6.45) is 1.60. The van der Waals surface area contributed by atoms with Gasteiger partial charge in [-0.2, -0.15) is 0 Å². The van der Waals surface area contributed by atoms with E-state index in [9.17, 15) is 13.2 Å². The molecule has 134 valence electrons. The summed E-state index contributed by atoms with van der Waals surface area (Å²) in [4.78, 5) is 15.9. The van der Waals surface area contributed by atoms with E-state index in [-0.39, 0.29) is 17.2 Å². The molecule has 7 nitrogen and oxygen atoms in total. The van der Waals surface area contributed by atoms with E-state index < -0.39 is 10.0 Å². The third-order valence-corrected chi connectivity index (χ3v) is 4.59. The largest absolute Gasteiger partial charge is 0.367 e. The Morgan fingerprint density at radius 2 is 1.84 bits per heavy atom. The Labute approximate surface area is 155 Å². The smallest absolute Gasteiger partial charge is 0.238 e. The average Bonchev–Trinajstić information content (AvgIpc) is 2.53. The van der Waals surface area contributed by atoms with Gasteiger partial charge < -0.3 is 10.6 Å². The minimum absolute atomic E-state index is 0.00759. The highest BCUT2D eigenvalue weighted by atomic mass is 35.5. The molecule has 1 aromatic heterocycles. The van der Waals surface area contributed by atoms with Crippen molar-refractivity contribution in [3.05, 3.63) is 52.1 Å². The lowest BCUT2D eigenvalue weighted by atomic mass is 10.1. The molecule has 10 heteroatoms. The Morgan fingerprint density at radius 3 is 2.44 bits per heavy atom. The van der Waals surface area contributed by atoms with Crippen LogP contribution in [0.3, 0.4) is 0 Å². The fourth-order valence-corrected chi connectivity index (χ4v) is 2.93. The highest BCUT2D eigenvalue weighted by molar-refractivity contribution is 7.89. The number of hydrogen-bond acceptors (Lipinski definition) is 5. The molecular weight excluding hydrogens is 387 g/mol. The van der Waals surface area contributed by atoms with Crippen LogP contribution in [0.2, 0.25) is 10.0 Å². The molecule has 2 rings (SSSR count). The molecule has 0 bridgehead atoms. The molecule has 4 N–H and O–H groups in total. The van der Waals surface area contributed by atoms with Crippen LogP contribution < -0.4 is 15.8 Å². The number of aromatic nitrogens is 1. The fourth-order valence-electron chi connectivity index (χ4n) is 1.97. The maximum absolute atomic E-state index is 11.9. The van der Waals surface area contributed by atoms with Gasteiger partial charge in [0.2, 0.25) is 15.9 Å². The maximum atomic E-state index is 11.9. The van der Waals surface area contributed by atoms with Crippen LogP contribution in [0.15, 0.2) is 41.4 Å². The highest BCUT2D eigenvalue weighted by Crippen LogP contribution is 2.21. The zero-order valence-corrected chi connectivity index (χ0v) is 15.3. The predicted molar refractivity (Wildman–Crippen MR) is 97.3 cm³/mol. The number of amides is 1. The molecule has 1 amide bonds. The Hall–Kier alpha value is -1.87. The quantitative estimate of drug-likeness (QED) is 0.610. The van der Waals surface area contributed by atoms with Gasteiger partial charge in [0.1, 0.15) is 5.82 Å². The fraction of sp³-hybridized carbons (Fsp3) is 0.200. The third kappa shape index (κ3) is 6.17. The zero-order valence-electron chi connectivity index (χ0n) is 13.0. The number of anilines is 1. The molecule has 1 aromatic carbocycles. The summed E-state index contributed by atoms with van der Waals surface area (Å²) < 4.78 is 22.3. The Balaban J connectivity index is 1.77. The van der Waals surface area contributed by atoms with Gasteiger partial charge in [0.05, 0.1) is 21.4 Å². The lowest BCUT2D eigenvalue weighted by Crippen LogP contribution is -2.30. The van der Waals surface area contributed by atoms with Crippen molar-refractivity contribution in [2.45, 2.75) is 11.3 Å². The second kappa shape index (κ2) is 8.48. The summed E-state index contributed by atoms with van der Waals surface area (Å²) in [5, 5.41) is 11.6. The van der Waals surface area contributed by atoms with E-state index in [4.69, 9.17) is 28.3 Å². The normalized spacial score (nSPS) is 11.2. The van der Waals surface area contributed by atoms with Gasteiger partial charge in [-0.15, -0.1) is 0 Å². The van der Waals surface area contributed by atoms with Crippen molar-refractivity contribution in [1.29, 1.82) is 0 Å². The van der Waals surface area contributed by atoms with Crippen LogP contribution in [-0.4, -0.2) is 32.4 Å². The lowest BCUT2D eigenvalue weighted by molar-refractivity contribution is -0.120. The molecule has 1 heterocycles. The van der Waals surface area contributed by atoms with E-state index in [0.29, 0.717) is 34.5 Å². The molecule has 25 heavy (non-hydrogen) atoms. The van der Waals surface area contributed by atoms with E-state index in [1.54, 1.807) is 18.2 Å². The molecule has 0 aliphatic heterocycles.